The van der Waals surface area contributed by atoms with Crippen LogP contribution in [-0.2, 0) is 11.3 Å². The zero-order valence-corrected chi connectivity index (χ0v) is 27.2. The Labute approximate surface area is 274 Å². The van der Waals surface area contributed by atoms with E-state index >= 15 is 0 Å². The molecule has 2 amide bonds. The molecular weight excluding hydrogens is 617 g/mol. The lowest BCUT2D eigenvalue weighted by Gasteiger charge is -2.38. The number of aryl methyl sites for hydroxylation is 1. The van der Waals surface area contributed by atoms with Gasteiger partial charge in [0.15, 0.2) is 17.2 Å². The minimum atomic E-state index is -0.374. The quantitative estimate of drug-likeness (QED) is 0.229. The van der Waals surface area contributed by atoms with Gasteiger partial charge in [-0.2, -0.15) is 0 Å². The highest BCUT2D eigenvalue weighted by Crippen LogP contribution is 2.34. The highest BCUT2D eigenvalue weighted by Gasteiger charge is 2.40. The SMILES string of the molecule is COc1ccc(CNC(=O)C2CN(C3CC3)CCC2NC(=O)c2ccc(OCCOc3c(Cl)cc(C)cc3Cl)cc2)cc1OC. The highest BCUT2D eigenvalue weighted by atomic mass is 35.5. The Morgan fingerprint density at radius 1 is 0.889 bits per heavy atom. The van der Waals surface area contributed by atoms with Crippen molar-refractivity contribution in [3.05, 3.63) is 81.3 Å². The van der Waals surface area contributed by atoms with Crippen LogP contribution in [0, 0.1) is 12.8 Å². The van der Waals surface area contributed by atoms with Crippen molar-refractivity contribution in [1.29, 1.82) is 0 Å². The number of halogens is 2. The molecule has 45 heavy (non-hydrogen) atoms. The summed E-state index contributed by atoms with van der Waals surface area (Å²) in [6.45, 7) is 4.23. The summed E-state index contributed by atoms with van der Waals surface area (Å²) in [5.74, 6) is 1.58. The lowest BCUT2D eigenvalue weighted by atomic mass is 9.90. The first-order valence-corrected chi connectivity index (χ1v) is 15.9. The highest BCUT2D eigenvalue weighted by molar-refractivity contribution is 6.37. The van der Waals surface area contributed by atoms with Gasteiger partial charge in [-0.05, 0) is 85.8 Å². The third-order valence-electron chi connectivity index (χ3n) is 8.13. The maximum Gasteiger partial charge on any atom is 0.251 e. The van der Waals surface area contributed by atoms with E-state index < -0.39 is 0 Å². The van der Waals surface area contributed by atoms with Crippen molar-refractivity contribution in [1.82, 2.24) is 15.5 Å². The molecule has 0 bridgehead atoms. The molecule has 5 rings (SSSR count). The smallest absolute Gasteiger partial charge is 0.251 e. The Morgan fingerprint density at radius 3 is 2.24 bits per heavy atom. The molecule has 2 N–H and O–H groups in total. The first-order chi connectivity index (χ1) is 21.7. The van der Waals surface area contributed by atoms with Crippen molar-refractivity contribution in [2.24, 2.45) is 5.92 Å². The van der Waals surface area contributed by atoms with Crippen LogP contribution in [0.1, 0.15) is 40.7 Å². The van der Waals surface area contributed by atoms with Crippen LogP contribution in [0.4, 0.5) is 0 Å². The van der Waals surface area contributed by atoms with Crippen molar-refractivity contribution in [3.8, 4) is 23.0 Å². The number of nitrogens with one attached hydrogen (secondary N) is 2. The monoisotopic (exact) mass is 655 g/mol. The maximum atomic E-state index is 13.5. The van der Waals surface area contributed by atoms with Crippen LogP contribution in [0.2, 0.25) is 10.0 Å². The fourth-order valence-electron chi connectivity index (χ4n) is 5.58. The molecule has 0 radical (unpaired) electrons. The number of likely N-dealkylation sites (tertiary alicyclic amines) is 1. The van der Waals surface area contributed by atoms with Crippen LogP contribution in [-0.4, -0.2) is 69.3 Å². The van der Waals surface area contributed by atoms with E-state index in [-0.39, 0.29) is 37.0 Å². The number of carbonyl (C=O) groups excluding carboxylic acids is 2. The van der Waals surface area contributed by atoms with Gasteiger partial charge in [0.2, 0.25) is 5.91 Å². The Morgan fingerprint density at radius 2 is 1.58 bits per heavy atom. The second-order valence-corrected chi connectivity index (χ2v) is 12.2. The second-order valence-electron chi connectivity index (χ2n) is 11.4. The molecule has 3 aromatic carbocycles. The predicted molar refractivity (Wildman–Crippen MR) is 174 cm³/mol. The number of hydrogen-bond donors (Lipinski definition) is 2. The Bertz CT molecular complexity index is 1470. The van der Waals surface area contributed by atoms with E-state index in [0.29, 0.717) is 64.2 Å². The summed E-state index contributed by atoms with van der Waals surface area (Å²) in [4.78, 5) is 29.1. The van der Waals surface area contributed by atoms with E-state index in [4.69, 9.17) is 42.1 Å². The van der Waals surface area contributed by atoms with Gasteiger partial charge in [-0.25, -0.2) is 0 Å². The Balaban J connectivity index is 1.15. The fraction of sp³-hybridized carbons (Fsp3) is 0.412. The van der Waals surface area contributed by atoms with Crippen LogP contribution >= 0.6 is 23.2 Å². The largest absolute Gasteiger partial charge is 0.493 e. The zero-order valence-electron chi connectivity index (χ0n) is 25.7. The summed E-state index contributed by atoms with van der Waals surface area (Å²) >= 11 is 12.5. The van der Waals surface area contributed by atoms with Crippen LogP contribution in [0.3, 0.4) is 0 Å². The van der Waals surface area contributed by atoms with Gasteiger partial charge in [0.05, 0.1) is 30.2 Å². The number of rotatable bonds is 13. The summed E-state index contributed by atoms with van der Waals surface area (Å²) in [5.41, 5.74) is 2.34. The number of carbonyl (C=O) groups is 2. The third kappa shape index (κ3) is 8.54. The van der Waals surface area contributed by atoms with Crippen molar-refractivity contribution in [2.45, 2.75) is 44.8 Å². The number of ether oxygens (including phenoxy) is 4. The topological polar surface area (TPSA) is 98.4 Å². The molecule has 3 aromatic rings. The van der Waals surface area contributed by atoms with Gasteiger partial charge >= 0.3 is 0 Å². The molecule has 0 spiro atoms. The van der Waals surface area contributed by atoms with Gasteiger partial charge in [0.1, 0.15) is 19.0 Å². The Hall–Kier alpha value is -3.66. The molecule has 2 aliphatic rings. The van der Waals surface area contributed by atoms with E-state index in [9.17, 15) is 9.59 Å². The van der Waals surface area contributed by atoms with Crippen molar-refractivity contribution in [2.75, 3.05) is 40.5 Å². The fourth-order valence-corrected chi connectivity index (χ4v) is 6.29. The molecule has 2 unspecified atom stereocenters. The molecule has 1 aliphatic heterocycles. The standard InChI is InChI=1S/C34H39Cl2N3O6/c1-21-16-27(35)32(28(36)17-21)45-15-14-44-25-9-5-23(6-10-25)33(40)38-29-12-13-39(24-7-8-24)20-26(29)34(41)37-19-22-4-11-30(42-2)31(18-22)43-3/h4-6,9-11,16-18,24,26,29H,7-8,12-15,19-20H2,1-3H3,(H,37,41)(H,38,40). The number of benzene rings is 3. The average molecular weight is 657 g/mol. The number of piperidine rings is 1. The van der Waals surface area contributed by atoms with E-state index in [1.165, 1.54) is 0 Å². The number of nitrogens with zero attached hydrogens (tertiary/aromatic N) is 1. The summed E-state index contributed by atoms with van der Waals surface area (Å²) in [6.07, 6.45) is 3.02. The van der Waals surface area contributed by atoms with E-state index in [1.807, 2.05) is 25.1 Å². The molecule has 2 fully saturated rings. The van der Waals surface area contributed by atoms with Crippen molar-refractivity contribution < 1.29 is 28.5 Å². The molecule has 9 nitrogen and oxygen atoms in total. The van der Waals surface area contributed by atoms with Gasteiger partial charge in [-0.3, -0.25) is 14.5 Å². The predicted octanol–water partition coefficient (Wildman–Crippen LogP) is 5.68. The number of methoxy groups -OCH3 is 2. The van der Waals surface area contributed by atoms with E-state index in [0.717, 1.165) is 30.5 Å². The van der Waals surface area contributed by atoms with Crippen LogP contribution in [0.15, 0.2) is 54.6 Å². The molecule has 1 aliphatic carbocycles. The van der Waals surface area contributed by atoms with Crippen molar-refractivity contribution >= 4 is 35.0 Å². The third-order valence-corrected chi connectivity index (χ3v) is 8.69. The minimum Gasteiger partial charge on any atom is -0.493 e. The molecule has 1 saturated heterocycles. The maximum absolute atomic E-state index is 13.5. The molecule has 11 heteroatoms. The molecule has 1 heterocycles. The van der Waals surface area contributed by atoms with E-state index in [1.54, 1.807) is 50.6 Å². The second kappa shape index (κ2) is 15.1. The number of hydrogen-bond acceptors (Lipinski definition) is 7. The van der Waals surface area contributed by atoms with Crippen LogP contribution in [0.25, 0.3) is 0 Å². The Kier molecular flexibility index (Phi) is 11.0. The molecule has 2 atom stereocenters. The first-order valence-electron chi connectivity index (χ1n) is 15.1. The van der Waals surface area contributed by atoms with Crippen molar-refractivity contribution in [3.63, 3.8) is 0 Å². The summed E-state index contributed by atoms with van der Waals surface area (Å²) < 4.78 is 22.2. The van der Waals surface area contributed by atoms with Gasteiger partial charge in [0.25, 0.3) is 5.91 Å². The normalized spacial score (nSPS) is 18.2. The number of amides is 2. The molecule has 0 aromatic heterocycles. The molecule has 240 valence electrons. The molecule has 1 saturated carbocycles. The van der Waals surface area contributed by atoms with Gasteiger partial charge in [-0.1, -0.05) is 29.3 Å². The minimum absolute atomic E-state index is 0.0837. The van der Waals surface area contributed by atoms with Gasteiger partial charge in [0, 0.05) is 37.3 Å². The molecular formula is C34H39Cl2N3O6. The van der Waals surface area contributed by atoms with Gasteiger partial charge < -0.3 is 29.6 Å². The zero-order chi connectivity index (χ0) is 31.9. The van der Waals surface area contributed by atoms with Crippen LogP contribution in [0.5, 0.6) is 23.0 Å². The first kappa shape index (κ1) is 32.7. The van der Waals surface area contributed by atoms with E-state index in [2.05, 4.69) is 15.5 Å². The summed E-state index contributed by atoms with van der Waals surface area (Å²) in [6, 6.07) is 16.3. The lowest BCUT2D eigenvalue weighted by molar-refractivity contribution is -0.127. The summed E-state index contributed by atoms with van der Waals surface area (Å²) in [7, 11) is 3.17. The van der Waals surface area contributed by atoms with Crippen LogP contribution < -0.4 is 29.6 Å². The lowest BCUT2D eigenvalue weighted by Crippen LogP contribution is -2.56. The average Bonchev–Trinajstić information content (AvgIpc) is 3.89. The van der Waals surface area contributed by atoms with Gasteiger partial charge in [-0.15, -0.1) is 0 Å². The summed E-state index contributed by atoms with van der Waals surface area (Å²) in [5, 5.41) is 7.11.